The van der Waals surface area contributed by atoms with Gasteiger partial charge < -0.3 is 52.2 Å². The SMILES string of the molecule is CCCC[C@@H](C(=O)N[C@@H](CC(=O)O)C(=O)N[C@@H](Cc1ccccc1)C(N)=O)N(C)C(=O)[C@H](Cc1c[nH]c2ccccc12)NC(=O)[C@H](CC(=O)O)NC(=O)O. The highest BCUT2D eigenvalue weighted by Crippen LogP contribution is 2.21. The van der Waals surface area contributed by atoms with Gasteiger partial charge in [-0.1, -0.05) is 68.3 Å². The Labute approximate surface area is 309 Å². The van der Waals surface area contributed by atoms with Crippen LogP contribution in [-0.4, -0.2) is 110 Å². The van der Waals surface area contributed by atoms with Crippen LogP contribution in [0.5, 0.6) is 0 Å². The van der Waals surface area contributed by atoms with E-state index >= 15 is 0 Å². The summed E-state index contributed by atoms with van der Waals surface area (Å²) >= 11 is 0. The van der Waals surface area contributed by atoms with Gasteiger partial charge in [-0.25, -0.2) is 4.79 Å². The van der Waals surface area contributed by atoms with E-state index in [-0.39, 0.29) is 19.3 Å². The predicted molar refractivity (Wildman–Crippen MR) is 193 cm³/mol. The number of benzene rings is 2. The summed E-state index contributed by atoms with van der Waals surface area (Å²) in [6.45, 7) is 1.83. The summed E-state index contributed by atoms with van der Waals surface area (Å²) in [5, 5.41) is 37.9. The van der Waals surface area contributed by atoms with Crippen LogP contribution in [-0.2, 0) is 46.4 Å². The zero-order chi connectivity index (χ0) is 39.9. The van der Waals surface area contributed by atoms with Crippen LogP contribution in [0.2, 0.25) is 0 Å². The molecule has 10 N–H and O–H groups in total. The third-order valence-electron chi connectivity index (χ3n) is 8.61. The summed E-state index contributed by atoms with van der Waals surface area (Å²) in [5.41, 5.74) is 7.45. The molecule has 18 nitrogen and oxygen atoms in total. The Balaban J connectivity index is 1.92. The molecular weight excluding hydrogens is 706 g/mol. The van der Waals surface area contributed by atoms with Gasteiger partial charge in [0.15, 0.2) is 0 Å². The number of nitrogens with two attached hydrogens (primary N) is 1. The summed E-state index contributed by atoms with van der Waals surface area (Å²) in [6.07, 6.45) is -1.06. The Morgan fingerprint density at radius 2 is 1.28 bits per heavy atom. The third-order valence-corrected chi connectivity index (χ3v) is 8.61. The number of carbonyl (C=O) groups is 8. The molecule has 18 heteroatoms. The van der Waals surface area contributed by atoms with Crippen LogP contribution in [0.1, 0.15) is 50.2 Å². The van der Waals surface area contributed by atoms with Crippen molar-refractivity contribution in [1.82, 2.24) is 31.2 Å². The van der Waals surface area contributed by atoms with Gasteiger partial charge >= 0.3 is 18.0 Å². The molecule has 0 saturated heterocycles. The number of H-pyrrole nitrogens is 1. The number of hydrogen-bond donors (Lipinski definition) is 9. The lowest BCUT2D eigenvalue weighted by atomic mass is 10.0. The van der Waals surface area contributed by atoms with Crippen molar-refractivity contribution >= 4 is 58.5 Å². The molecule has 0 fully saturated rings. The molecule has 0 radical (unpaired) electrons. The average molecular weight is 752 g/mol. The van der Waals surface area contributed by atoms with E-state index in [1.165, 1.54) is 7.05 Å². The minimum absolute atomic E-state index is 0.00907. The van der Waals surface area contributed by atoms with Crippen molar-refractivity contribution in [2.45, 2.75) is 82.1 Å². The molecule has 0 saturated carbocycles. The van der Waals surface area contributed by atoms with Gasteiger partial charge in [-0.05, 0) is 23.6 Å². The molecular formula is C36H45N7O11. The first-order valence-electron chi connectivity index (χ1n) is 17.1. The third kappa shape index (κ3) is 12.3. The Hall–Kier alpha value is -6.46. The molecule has 0 bridgehead atoms. The number of fused-ring (bicyclic) bond motifs is 1. The summed E-state index contributed by atoms with van der Waals surface area (Å²) in [6, 6.07) is 8.18. The number of carbonyl (C=O) groups excluding carboxylic acids is 5. The van der Waals surface area contributed by atoms with Crippen LogP contribution in [0.25, 0.3) is 10.9 Å². The lowest BCUT2D eigenvalue weighted by Gasteiger charge is -2.32. The molecule has 0 aliphatic heterocycles. The summed E-state index contributed by atoms with van der Waals surface area (Å²) in [4.78, 5) is 106. The van der Waals surface area contributed by atoms with Gasteiger partial charge in [0.05, 0.1) is 12.8 Å². The number of aromatic nitrogens is 1. The number of para-hydroxylation sites is 1. The lowest BCUT2D eigenvalue weighted by Crippen LogP contribution is -2.60. The number of amides is 6. The van der Waals surface area contributed by atoms with Crippen LogP contribution in [0.15, 0.2) is 60.8 Å². The van der Waals surface area contributed by atoms with Crippen LogP contribution in [0.4, 0.5) is 4.79 Å². The van der Waals surface area contributed by atoms with Crippen LogP contribution >= 0.6 is 0 Å². The predicted octanol–water partition coefficient (Wildman–Crippen LogP) is 0.496. The maximum absolute atomic E-state index is 14.3. The molecule has 2 aromatic carbocycles. The minimum Gasteiger partial charge on any atom is -0.481 e. The number of nitrogens with one attached hydrogen (secondary N) is 5. The molecule has 1 heterocycles. The van der Waals surface area contributed by atoms with Crippen LogP contribution in [0.3, 0.4) is 0 Å². The van der Waals surface area contributed by atoms with E-state index < -0.39 is 90.6 Å². The van der Waals surface area contributed by atoms with Crippen molar-refractivity contribution in [2.24, 2.45) is 5.73 Å². The van der Waals surface area contributed by atoms with Gasteiger partial charge in [0.2, 0.25) is 29.5 Å². The zero-order valence-electron chi connectivity index (χ0n) is 29.7. The lowest BCUT2D eigenvalue weighted by molar-refractivity contribution is -0.145. The number of aliphatic carboxylic acids is 2. The van der Waals surface area contributed by atoms with E-state index in [1.54, 1.807) is 60.8 Å². The molecule has 5 atom stereocenters. The second kappa shape index (κ2) is 20.0. The molecule has 0 aliphatic rings. The van der Waals surface area contributed by atoms with Crippen LogP contribution in [0, 0.1) is 0 Å². The highest BCUT2D eigenvalue weighted by atomic mass is 16.4. The van der Waals surface area contributed by atoms with Crippen LogP contribution < -0.4 is 27.0 Å². The van der Waals surface area contributed by atoms with E-state index in [9.17, 15) is 53.7 Å². The number of aromatic amines is 1. The molecule has 3 rings (SSSR count). The Morgan fingerprint density at radius 1 is 0.722 bits per heavy atom. The smallest absolute Gasteiger partial charge is 0.405 e. The quantitative estimate of drug-likeness (QED) is 0.0722. The summed E-state index contributed by atoms with van der Waals surface area (Å²) < 4.78 is 0. The minimum atomic E-state index is -1.77. The highest BCUT2D eigenvalue weighted by Gasteiger charge is 2.36. The molecule has 0 aliphatic carbocycles. The maximum atomic E-state index is 14.3. The zero-order valence-corrected chi connectivity index (χ0v) is 29.7. The van der Waals surface area contributed by atoms with Crippen molar-refractivity contribution in [3.05, 3.63) is 71.9 Å². The number of unbranched alkanes of at least 4 members (excludes halogenated alkanes) is 1. The van der Waals surface area contributed by atoms with Crippen molar-refractivity contribution in [2.75, 3.05) is 7.05 Å². The Kier molecular flexibility index (Phi) is 15.5. The normalized spacial score (nSPS) is 13.7. The van der Waals surface area contributed by atoms with Gasteiger partial charge in [0, 0.05) is 37.0 Å². The van der Waals surface area contributed by atoms with E-state index in [0.717, 1.165) is 4.90 Å². The number of primary amides is 1. The van der Waals surface area contributed by atoms with Gasteiger partial charge in [-0.2, -0.15) is 0 Å². The molecule has 3 aromatic rings. The summed E-state index contributed by atoms with van der Waals surface area (Å²) in [5.74, 6) is -7.69. The molecule has 0 spiro atoms. The maximum Gasteiger partial charge on any atom is 0.405 e. The second-order valence-corrected chi connectivity index (χ2v) is 12.6. The van der Waals surface area contributed by atoms with E-state index in [1.807, 2.05) is 12.2 Å². The molecule has 0 unspecified atom stereocenters. The molecule has 1 aromatic heterocycles. The average Bonchev–Trinajstić information content (AvgIpc) is 3.52. The van der Waals surface area contributed by atoms with Crippen molar-refractivity contribution in [3.63, 3.8) is 0 Å². The Morgan fingerprint density at radius 3 is 1.85 bits per heavy atom. The largest absolute Gasteiger partial charge is 0.481 e. The fraction of sp³-hybridized carbons (Fsp3) is 0.389. The topological polar surface area (TPSA) is 290 Å². The monoisotopic (exact) mass is 751 g/mol. The number of likely N-dealkylation sites (N-methyl/N-ethyl adjacent to an activating group) is 1. The van der Waals surface area contributed by atoms with E-state index in [2.05, 4.69) is 20.9 Å². The molecule has 290 valence electrons. The van der Waals surface area contributed by atoms with Crippen molar-refractivity contribution in [1.29, 1.82) is 0 Å². The van der Waals surface area contributed by atoms with Crippen molar-refractivity contribution in [3.8, 4) is 0 Å². The number of carboxylic acid groups (broad SMARTS) is 3. The van der Waals surface area contributed by atoms with E-state index in [4.69, 9.17) is 5.73 Å². The second-order valence-electron chi connectivity index (χ2n) is 12.6. The fourth-order valence-electron chi connectivity index (χ4n) is 5.82. The highest BCUT2D eigenvalue weighted by molar-refractivity contribution is 5.98. The number of hydrogen-bond acceptors (Lipinski definition) is 8. The molecule has 6 amide bonds. The summed E-state index contributed by atoms with van der Waals surface area (Å²) in [7, 11) is 1.27. The number of nitrogens with zero attached hydrogens (tertiary/aromatic N) is 1. The first kappa shape index (κ1) is 42.0. The number of carboxylic acids is 2. The first-order valence-corrected chi connectivity index (χ1v) is 17.1. The van der Waals surface area contributed by atoms with Gasteiger partial charge in [0.1, 0.15) is 30.2 Å². The van der Waals surface area contributed by atoms with Gasteiger partial charge in [-0.3, -0.25) is 33.6 Å². The molecule has 54 heavy (non-hydrogen) atoms. The fourth-order valence-corrected chi connectivity index (χ4v) is 5.82. The Bertz CT molecular complexity index is 1820. The van der Waals surface area contributed by atoms with Gasteiger partial charge in [0.25, 0.3) is 0 Å². The standard InChI is InChI=1S/C36H45N7O11/c1-3-4-14-28(34(51)40-25(17-29(44)45)32(49)39-24(31(37)48)15-20-10-6-5-7-11-20)43(2)35(52)27(16-21-19-38-23-13-9-8-12-22(21)23)41-33(50)26(18-30(46)47)42-36(53)54/h5-13,19,24-28,38,42H,3-4,14-18H2,1-2H3,(H2,37,48)(H,39,49)(H,40,51)(H,41,50)(H,44,45)(H,46,47)(H,53,54)/t24-,25-,26-,27-,28-/m0/s1. The van der Waals surface area contributed by atoms with Gasteiger partial charge in [-0.15, -0.1) is 0 Å². The number of rotatable bonds is 21. The van der Waals surface area contributed by atoms with E-state index in [0.29, 0.717) is 34.9 Å². The van der Waals surface area contributed by atoms with Crippen molar-refractivity contribution < 1.29 is 53.7 Å². The first-order chi connectivity index (χ1) is 25.6.